The molecule has 0 fully saturated rings. The number of imidazole rings is 1. The van der Waals surface area contributed by atoms with Crippen molar-refractivity contribution >= 4 is 11.8 Å². The lowest BCUT2D eigenvalue weighted by molar-refractivity contribution is 0.872. The van der Waals surface area contributed by atoms with Gasteiger partial charge < -0.3 is 0 Å². The first-order valence-electron chi connectivity index (χ1n) is 4.19. The number of fused-ring (bicyclic) bond motifs is 3. The third-order valence-electron chi connectivity index (χ3n) is 2.21. The quantitative estimate of drug-likeness (QED) is 0.632. The summed E-state index contributed by atoms with van der Waals surface area (Å²) in [6.07, 6.45) is 3.87. The van der Waals surface area contributed by atoms with Gasteiger partial charge in [0.25, 0.3) is 0 Å². The van der Waals surface area contributed by atoms with Crippen LogP contribution in [0.5, 0.6) is 0 Å². The van der Waals surface area contributed by atoms with Crippen molar-refractivity contribution in [1.29, 1.82) is 0 Å². The largest absolute Gasteiger partial charge is 0.295 e. The SMILES string of the molecule is c1ccc2c(c1)CSc1nccn1-2. The molecule has 0 spiro atoms. The number of nitrogens with zero attached hydrogens (tertiary/aromatic N) is 2. The predicted octanol–water partition coefficient (Wildman–Crippen LogP) is 2.48. The lowest BCUT2D eigenvalue weighted by Gasteiger charge is -2.16. The highest BCUT2D eigenvalue weighted by Crippen LogP contribution is 2.32. The number of para-hydroxylation sites is 1. The lowest BCUT2D eigenvalue weighted by Crippen LogP contribution is -2.04. The van der Waals surface area contributed by atoms with Gasteiger partial charge >= 0.3 is 0 Å². The van der Waals surface area contributed by atoms with Gasteiger partial charge in [-0.2, -0.15) is 0 Å². The second-order valence-corrected chi connectivity index (χ2v) is 3.94. The molecule has 0 amide bonds. The fourth-order valence-electron chi connectivity index (χ4n) is 1.59. The Morgan fingerprint density at radius 2 is 2.23 bits per heavy atom. The van der Waals surface area contributed by atoms with Crippen LogP contribution in [0.25, 0.3) is 5.69 Å². The van der Waals surface area contributed by atoms with Crippen LogP contribution in [0.1, 0.15) is 5.56 Å². The van der Waals surface area contributed by atoms with Crippen LogP contribution in [-0.4, -0.2) is 9.55 Å². The summed E-state index contributed by atoms with van der Waals surface area (Å²) in [6.45, 7) is 0. The summed E-state index contributed by atoms with van der Waals surface area (Å²) in [5, 5.41) is 1.10. The van der Waals surface area contributed by atoms with Crippen LogP contribution >= 0.6 is 11.8 Å². The molecule has 1 aromatic heterocycles. The molecule has 2 heterocycles. The average molecular weight is 188 g/mol. The average Bonchev–Trinajstić information content (AvgIpc) is 2.65. The van der Waals surface area contributed by atoms with Crippen LogP contribution in [0, 0.1) is 0 Å². The van der Waals surface area contributed by atoms with E-state index in [9.17, 15) is 0 Å². The minimum atomic E-state index is 1.03. The molecule has 0 N–H and O–H groups in total. The van der Waals surface area contributed by atoms with Crippen molar-refractivity contribution in [2.75, 3.05) is 0 Å². The molecule has 3 rings (SSSR count). The van der Waals surface area contributed by atoms with Gasteiger partial charge in [-0.3, -0.25) is 4.57 Å². The van der Waals surface area contributed by atoms with Gasteiger partial charge in [0.1, 0.15) is 0 Å². The van der Waals surface area contributed by atoms with E-state index in [2.05, 4.69) is 33.8 Å². The number of thioether (sulfide) groups is 1. The monoisotopic (exact) mass is 188 g/mol. The first kappa shape index (κ1) is 7.21. The Morgan fingerprint density at radius 3 is 3.23 bits per heavy atom. The zero-order valence-electron chi connectivity index (χ0n) is 6.97. The van der Waals surface area contributed by atoms with Crippen molar-refractivity contribution in [3.63, 3.8) is 0 Å². The summed E-state index contributed by atoms with van der Waals surface area (Å²) in [7, 11) is 0. The highest BCUT2D eigenvalue weighted by atomic mass is 32.2. The molecule has 3 heteroatoms. The summed E-state index contributed by atoms with van der Waals surface area (Å²) in [6, 6.07) is 8.46. The van der Waals surface area contributed by atoms with Gasteiger partial charge in [0.2, 0.25) is 0 Å². The molecule has 0 bridgehead atoms. The van der Waals surface area contributed by atoms with E-state index >= 15 is 0 Å². The fraction of sp³-hybridized carbons (Fsp3) is 0.100. The molecular weight excluding hydrogens is 180 g/mol. The maximum atomic E-state index is 4.28. The van der Waals surface area contributed by atoms with Gasteiger partial charge in [0.15, 0.2) is 5.16 Å². The van der Waals surface area contributed by atoms with E-state index in [1.54, 1.807) is 11.8 Å². The van der Waals surface area contributed by atoms with E-state index in [1.165, 1.54) is 11.3 Å². The Balaban J connectivity index is 2.30. The summed E-state index contributed by atoms with van der Waals surface area (Å²) >= 11 is 1.79. The molecule has 0 saturated carbocycles. The summed E-state index contributed by atoms with van der Waals surface area (Å²) < 4.78 is 2.14. The first-order valence-corrected chi connectivity index (χ1v) is 5.18. The van der Waals surface area contributed by atoms with Gasteiger partial charge in [-0.25, -0.2) is 4.98 Å². The van der Waals surface area contributed by atoms with Gasteiger partial charge in [-0.1, -0.05) is 30.0 Å². The molecule has 1 aliphatic heterocycles. The zero-order chi connectivity index (χ0) is 8.67. The molecule has 2 aromatic rings. The number of hydrogen-bond acceptors (Lipinski definition) is 2. The second-order valence-electron chi connectivity index (χ2n) is 3.00. The molecule has 64 valence electrons. The Kier molecular flexibility index (Phi) is 1.46. The van der Waals surface area contributed by atoms with E-state index in [0.29, 0.717) is 0 Å². The van der Waals surface area contributed by atoms with Crippen LogP contribution in [-0.2, 0) is 5.75 Å². The smallest absolute Gasteiger partial charge is 0.172 e. The van der Waals surface area contributed by atoms with Gasteiger partial charge in [-0.05, 0) is 11.6 Å². The molecule has 1 aliphatic rings. The lowest BCUT2D eigenvalue weighted by atomic mass is 10.2. The van der Waals surface area contributed by atoms with Crippen LogP contribution in [0.2, 0.25) is 0 Å². The van der Waals surface area contributed by atoms with Crippen molar-refractivity contribution in [2.24, 2.45) is 0 Å². The first-order chi connectivity index (χ1) is 6.45. The summed E-state index contributed by atoms with van der Waals surface area (Å²) in [4.78, 5) is 4.28. The molecule has 0 aliphatic carbocycles. The van der Waals surface area contributed by atoms with Gasteiger partial charge in [0.05, 0.1) is 5.69 Å². The normalized spacial score (nSPS) is 13.5. The van der Waals surface area contributed by atoms with Crippen LogP contribution in [0.3, 0.4) is 0 Å². The Morgan fingerprint density at radius 1 is 1.31 bits per heavy atom. The minimum absolute atomic E-state index is 1.03. The molecule has 0 unspecified atom stereocenters. The predicted molar refractivity (Wildman–Crippen MR) is 53.1 cm³/mol. The Bertz CT molecular complexity index is 448. The van der Waals surface area contributed by atoms with Crippen molar-refractivity contribution in [3.05, 3.63) is 42.2 Å². The molecule has 1 aromatic carbocycles. The van der Waals surface area contributed by atoms with Gasteiger partial charge in [-0.15, -0.1) is 0 Å². The molecular formula is C10H8N2S. The molecule has 13 heavy (non-hydrogen) atoms. The maximum absolute atomic E-state index is 4.28. The van der Waals surface area contributed by atoms with Crippen LogP contribution < -0.4 is 0 Å². The second kappa shape index (κ2) is 2.64. The molecule has 2 nitrogen and oxygen atoms in total. The van der Waals surface area contributed by atoms with Crippen LogP contribution in [0.4, 0.5) is 0 Å². The number of benzene rings is 1. The van der Waals surface area contributed by atoms with Crippen molar-refractivity contribution in [1.82, 2.24) is 9.55 Å². The van der Waals surface area contributed by atoms with Crippen LogP contribution in [0.15, 0.2) is 41.8 Å². The van der Waals surface area contributed by atoms with E-state index in [-0.39, 0.29) is 0 Å². The highest BCUT2D eigenvalue weighted by Gasteiger charge is 2.14. The summed E-state index contributed by atoms with van der Waals surface area (Å²) in [5.74, 6) is 1.03. The Hall–Kier alpha value is -1.22. The Labute approximate surface area is 80.6 Å². The number of aromatic nitrogens is 2. The number of hydrogen-bond donors (Lipinski definition) is 0. The third-order valence-corrected chi connectivity index (χ3v) is 3.23. The van der Waals surface area contributed by atoms with Crippen molar-refractivity contribution in [2.45, 2.75) is 10.9 Å². The van der Waals surface area contributed by atoms with E-state index in [0.717, 1.165) is 10.9 Å². The highest BCUT2D eigenvalue weighted by molar-refractivity contribution is 7.98. The topological polar surface area (TPSA) is 17.8 Å². The van der Waals surface area contributed by atoms with Crippen molar-refractivity contribution < 1.29 is 0 Å². The maximum Gasteiger partial charge on any atom is 0.172 e. The molecule has 0 saturated heterocycles. The summed E-state index contributed by atoms with van der Waals surface area (Å²) in [5.41, 5.74) is 2.66. The minimum Gasteiger partial charge on any atom is -0.295 e. The van der Waals surface area contributed by atoms with E-state index < -0.39 is 0 Å². The van der Waals surface area contributed by atoms with Crippen molar-refractivity contribution in [3.8, 4) is 5.69 Å². The van der Waals surface area contributed by atoms with Gasteiger partial charge in [0, 0.05) is 18.1 Å². The molecule has 0 radical (unpaired) electrons. The van der Waals surface area contributed by atoms with E-state index in [1.807, 2.05) is 12.4 Å². The third kappa shape index (κ3) is 1.00. The standard InChI is InChI=1S/C10H8N2S/c1-2-4-9-8(3-1)7-13-10-11-5-6-12(9)10/h1-6H,7H2. The number of rotatable bonds is 0. The zero-order valence-corrected chi connectivity index (χ0v) is 7.79. The van der Waals surface area contributed by atoms with E-state index in [4.69, 9.17) is 0 Å². The molecule has 0 atom stereocenters. The fourth-order valence-corrected chi connectivity index (χ4v) is 2.55.